The fraction of sp³-hybridized carbons (Fsp3) is 0.875. The first-order valence-corrected chi connectivity index (χ1v) is 4.34. The number of nitrogens with two attached hydrogens (primary N) is 1. The predicted octanol–water partition coefficient (Wildman–Crippen LogP) is -3.72. The van der Waals surface area contributed by atoms with E-state index in [1.165, 1.54) is 0 Å². The molecule has 0 spiro atoms. The van der Waals surface area contributed by atoms with Gasteiger partial charge in [0.25, 0.3) is 0 Å². The predicted molar refractivity (Wildman–Crippen MR) is 56.2 cm³/mol. The van der Waals surface area contributed by atoms with Crippen LogP contribution in [0.5, 0.6) is 0 Å². The Morgan fingerprint density at radius 3 is 2.44 bits per heavy atom. The molecule has 0 aromatic carbocycles. The molecule has 0 saturated carbocycles. The zero-order valence-electron chi connectivity index (χ0n) is 9.36. The van der Waals surface area contributed by atoms with Crippen molar-refractivity contribution in [3.8, 4) is 0 Å². The number of rotatable bonds is 6. The molecule has 0 unspecified atom stereocenters. The van der Waals surface area contributed by atoms with Crippen molar-refractivity contribution in [3.05, 3.63) is 0 Å². The molecule has 0 fully saturated rings. The number of aliphatic hydroxyl groups is 1. The molecular formula is C8H19Cl2FN2O3. The molecule has 0 heterocycles. The SMILES string of the molecule is C[N+](C)(CF)CCOC(=O)[C@@H](N)CO.Cl.[Cl-]. The Labute approximate surface area is 107 Å². The molecule has 5 nitrogen and oxygen atoms in total. The van der Waals surface area contributed by atoms with Crippen LogP contribution in [0, 0.1) is 0 Å². The van der Waals surface area contributed by atoms with Crippen LogP contribution in [0.15, 0.2) is 0 Å². The fourth-order valence-electron chi connectivity index (χ4n) is 0.635. The summed E-state index contributed by atoms with van der Waals surface area (Å²) in [6, 6.07) is -1.00. The van der Waals surface area contributed by atoms with Crippen LogP contribution in [-0.4, -0.2) is 62.3 Å². The Bertz CT molecular complexity index is 196. The maximum Gasteiger partial charge on any atom is 0.325 e. The first kappa shape index (κ1) is 21.2. The summed E-state index contributed by atoms with van der Waals surface area (Å²) in [7, 11) is 3.36. The number of alkyl halides is 1. The third-order valence-electron chi connectivity index (χ3n) is 1.76. The van der Waals surface area contributed by atoms with E-state index in [-0.39, 0.29) is 35.9 Å². The Hall–Kier alpha value is -0.140. The van der Waals surface area contributed by atoms with Crippen LogP contribution in [0.3, 0.4) is 0 Å². The Balaban J connectivity index is -0.000000845. The van der Waals surface area contributed by atoms with Gasteiger partial charge in [0.15, 0.2) is 0 Å². The second-order valence-corrected chi connectivity index (χ2v) is 3.74. The van der Waals surface area contributed by atoms with Crippen molar-refractivity contribution in [2.75, 3.05) is 40.7 Å². The molecule has 3 N–H and O–H groups in total. The normalized spacial score (nSPS) is 12.1. The number of likely N-dealkylation sites (N-methyl/N-ethyl adjacent to an activating group) is 1. The summed E-state index contributed by atoms with van der Waals surface area (Å²) in [6.07, 6.45) is 0. The summed E-state index contributed by atoms with van der Waals surface area (Å²) in [5.74, 6) is -0.661. The number of halogens is 3. The van der Waals surface area contributed by atoms with Gasteiger partial charge in [0.2, 0.25) is 6.80 Å². The Morgan fingerprint density at radius 2 is 2.06 bits per heavy atom. The maximum absolute atomic E-state index is 12.3. The minimum atomic E-state index is -1.00. The van der Waals surface area contributed by atoms with Crippen molar-refractivity contribution in [2.45, 2.75) is 6.04 Å². The number of aliphatic hydroxyl groups excluding tert-OH is 1. The summed E-state index contributed by atoms with van der Waals surface area (Å²) >= 11 is 0. The number of quaternary nitrogens is 1. The lowest BCUT2D eigenvalue weighted by Gasteiger charge is -2.25. The first-order chi connectivity index (χ1) is 6.43. The number of esters is 1. The zero-order chi connectivity index (χ0) is 11.2. The fourth-order valence-corrected chi connectivity index (χ4v) is 0.635. The van der Waals surface area contributed by atoms with Crippen LogP contribution in [0.25, 0.3) is 0 Å². The average Bonchev–Trinajstić information content (AvgIpc) is 2.16. The quantitative estimate of drug-likeness (QED) is 0.298. The van der Waals surface area contributed by atoms with E-state index in [0.29, 0.717) is 6.54 Å². The van der Waals surface area contributed by atoms with E-state index in [1.807, 2.05) is 0 Å². The Morgan fingerprint density at radius 1 is 1.56 bits per heavy atom. The summed E-state index contributed by atoms with van der Waals surface area (Å²) in [5.41, 5.74) is 5.20. The van der Waals surface area contributed by atoms with Crippen LogP contribution in [-0.2, 0) is 9.53 Å². The van der Waals surface area contributed by atoms with E-state index in [2.05, 4.69) is 0 Å². The lowest BCUT2D eigenvalue weighted by molar-refractivity contribution is -0.902. The highest BCUT2D eigenvalue weighted by Gasteiger charge is 2.17. The molecule has 0 amide bonds. The highest BCUT2D eigenvalue weighted by atomic mass is 35.5. The van der Waals surface area contributed by atoms with E-state index in [0.717, 1.165) is 0 Å². The van der Waals surface area contributed by atoms with Gasteiger partial charge < -0.3 is 28.0 Å². The smallest absolute Gasteiger partial charge is 0.325 e. The maximum atomic E-state index is 12.3. The molecule has 0 radical (unpaired) electrons. The van der Waals surface area contributed by atoms with Gasteiger partial charge in [-0.05, 0) is 0 Å². The molecule has 0 aromatic heterocycles. The summed E-state index contributed by atoms with van der Waals surface area (Å²) in [4.78, 5) is 10.9. The monoisotopic (exact) mass is 280 g/mol. The molecule has 100 valence electrons. The van der Waals surface area contributed by atoms with E-state index >= 15 is 0 Å². The number of carbonyl (C=O) groups excluding carboxylic acids is 1. The highest BCUT2D eigenvalue weighted by Crippen LogP contribution is 1.97. The lowest BCUT2D eigenvalue weighted by Crippen LogP contribution is -3.00. The van der Waals surface area contributed by atoms with Crippen LogP contribution < -0.4 is 18.1 Å². The number of nitrogens with zero attached hydrogens (tertiary/aromatic N) is 1. The van der Waals surface area contributed by atoms with Crippen LogP contribution in [0.4, 0.5) is 4.39 Å². The van der Waals surface area contributed by atoms with Crippen LogP contribution in [0.1, 0.15) is 0 Å². The standard InChI is InChI=1S/C8H18FN2O3.2ClH/c1-11(2,6-9)3-4-14-8(13)7(10)5-12;;/h7,12H,3-6,10H2,1-2H3;2*1H/q+1;;/p-1/t7-;;/m0../s1. The second kappa shape index (κ2) is 10.0. The van der Waals surface area contributed by atoms with Gasteiger partial charge in [-0.2, -0.15) is 4.39 Å². The minimum Gasteiger partial charge on any atom is -1.00 e. The topological polar surface area (TPSA) is 72.5 Å². The molecule has 0 aliphatic carbocycles. The van der Waals surface area contributed by atoms with E-state index in [4.69, 9.17) is 15.6 Å². The molecule has 8 heteroatoms. The number of hydrogen-bond acceptors (Lipinski definition) is 4. The summed E-state index contributed by atoms with van der Waals surface area (Å²) in [6.45, 7) is -0.492. The van der Waals surface area contributed by atoms with Crippen molar-refractivity contribution >= 4 is 18.4 Å². The van der Waals surface area contributed by atoms with Gasteiger partial charge >= 0.3 is 5.97 Å². The van der Waals surface area contributed by atoms with Crippen molar-refractivity contribution < 1.29 is 35.9 Å². The third kappa shape index (κ3) is 9.11. The molecular weight excluding hydrogens is 262 g/mol. The van der Waals surface area contributed by atoms with Gasteiger partial charge in [-0.3, -0.25) is 9.28 Å². The van der Waals surface area contributed by atoms with Gasteiger partial charge in [-0.15, -0.1) is 12.4 Å². The molecule has 0 saturated heterocycles. The molecule has 0 bridgehead atoms. The number of hydrogen-bond donors (Lipinski definition) is 2. The molecule has 0 aliphatic heterocycles. The lowest BCUT2D eigenvalue weighted by atomic mass is 10.3. The van der Waals surface area contributed by atoms with Gasteiger partial charge in [-0.1, -0.05) is 0 Å². The van der Waals surface area contributed by atoms with E-state index in [1.54, 1.807) is 14.1 Å². The van der Waals surface area contributed by atoms with Crippen molar-refractivity contribution in [2.24, 2.45) is 5.73 Å². The minimum absolute atomic E-state index is 0. The average molecular weight is 281 g/mol. The van der Waals surface area contributed by atoms with Crippen molar-refractivity contribution in [3.63, 3.8) is 0 Å². The largest absolute Gasteiger partial charge is 1.00 e. The molecule has 0 aliphatic rings. The number of ether oxygens (including phenoxy) is 1. The van der Waals surface area contributed by atoms with Crippen LogP contribution >= 0.6 is 12.4 Å². The summed E-state index contributed by atoms with van der Waals surface area (Å²) in [5, 5.41) is 8.52. The van der Waals surface area contributed by atoms with E-state index in [9.17, 15) is 9.18 Å². The van der Waals surface area contributed by atoms with Crippen LogP contribution in [0.2, 0.25) is 0 Å². The van der Waals surface area contributed by atoms with Gasteiger partial charge in [0.05, 0.1) is 20.7 Å². The number of carbonyl (C=O) groups is 1. The third-order valence-corrected chi connectivity index (χ3v) is 1.76. The zero-order valence-corrected chi connectivity index (χ0v) is 10.9. The second-order valence-electron chi connectivity index (χ2n) is 3.74. The molecule has 0 rings (SSSR count). The van der Waals surface area contributed by atoms with E-state index < -0.39 is 25.4 Å². The van der Waals surface area contributed by atoms with Crippen molar-refractivity contribution in [1.29, 1.82) is 0 Å². The highest BCUT2D eigenvalue weighted by molar-refractivity contribution is 5.85. The van der Waals surface area contributed by atoms with Gasteiger partial charge in [-0.25, -0.2) is 0 Å². The van der Waals surface area contributed by atoms with Crippen molar-refractivity contribution in [1.82, 2.24) is 0 Å². The van der Waals surface area contributed by atoms with Gasteiger partial charge in [0.1, 0.15) is 19.2 Å². The van der Waals surface area contributed by atoms with Gasteiger partial charge in [0, 0.05) is 0 Å². The molecule has 1 atom stereocenters. The molecule has 0 aromatic rings. The summed E-state index contributed by atoms with van der Waals surface area (Å²) < 4.78 is 17.1. The first-order valence-electron chi connectivity index (χ1n) is 4.34. The Kier molecular flexibility index (Phi) is 13.3. The molecule has 16 heavy (non-hydrogen) atoms.